The van der Waals surface area contributed by atoms with Crippen LogP contribution in [0.1, 0.15) is 25.3 Å². The minimum Gasteiger partial charge on any atom is -0.324 e. The minimum atomic E-state index is -0.433. The molecule has 0 bridgehead atoms. The quantitative estimate of drug-likeness (QED) is 0.893. The van der Waals surface area contributed by atoms with E-state index >= 15 is 0 Å². The van der Waals surface area contributed by atoms with E-state index in [0.29, 0.717) is 6.42 Å². The maximum Gasteiger partial charge on any atom is 0.241 e. The van der Waals surface area contributed by atoms with Crippen LogP contribution in [0.2, 0.25) is 0 Å². The largest absolute Gasteiger partial charge is 0.324 e. The highest BCUT2D eigenvalue weighted by atomic mass is 79.9. The second-order valence-corrected chi connectivity index (χ2v) is 4.61. The van der Waals surface area contributed by atoms with Gasteiger partial charge in [-0.25, -0.2) is 0 Å². The van der Waals surface area contributed by atoms with Gasteiger partial charge in [-0.2, -0.15) is 0 Å². The van der Waals surface area contributed by atoms with E-state index in [4.69, 9.17) is 5.73 Å². The predicted octanol–water partition coefficient (Wildman–Crippen LogP) is 2.82. The van der Waals surface area contributed by atoms with Crippen LogP contribution < -0.4 is 11.1 Å². The summed E-state index contributed by atoms with van der Waals surface area (Å²) < 4.78 is 0.909. The molecule has 16 heavy (non-hydrogen) atoms. The lowest BCUT2D eigenvalue weighted by Crippen LogP contribution is -2.35. The van der Waals surface area contributed by atoms with Gasteiger partial charge in [0.25, 0.3) is 0 Å². The number of nitrogens with one attached hydrogen (secondary N) is 1. The molecule has 1 atom stereocenters. The molecule has 1 unspecified atom stereocenters. The summed E-state index contributed by atoms with van der Waals surface area (Å²) in [4.78, 5) is 11.7. The normalized spacial score (nSPS) is 12.2. The number of hydrogen-bond acceptors (Lipinski definition) is 2. The number of halogens is 1. The number of hydrogen-bond donors (Lipinski definition) is 2. The Bertz CT molecular complexity index is 379. The third kappa shape index (κ3) is 3.32. The summed E-state index contributed by atoms with van der Waals surface area (Å²) in [5.74, 6) is -0.131. The van der Waals surface area contributed by atoms with E-state index < -0.39 is 6.04 Å². The highest BCUT2D eigenvalue weighted by Crippen LogP contribution is 2.25. The van der Waals surface area contributed by atoms with Crippen LogP contribution in [0.15, 0.2) is 22.7 Å². The van der Waals surface area contributed by atoms with Gasteiger partial charge in [0.15, 0.2) is 0 Å². The molecule has 0 radical (unpaired) electrons. The van der Waals surface area contributed by atoms with Gasteiger partial charge in [-0.15, -0.1) is 0 Å². The summed E-state index contributed by atoms with van der Waals surface area (Å²) in [6, 6.07) is 5.30. The lowest BCUT2D eigenvalue weighted by atomic mass is 10.1. The maximum absolute atomic E-state index is 11.7. The molecule has 3 N–H and O–H groups in total. The van der Waals surface area contributed by atoms with E-state index in [9.17, 15) is 4.79 Å². The molecule has 0 aliphatic heterocycles. The number of carbonyl (C=O) groups is 1. The van der Waals surface area contributed by atoms with Crippen molar-refractivity contribution in [1.82, 2.24) is 0 Å². The summed E-state index contributed by atoms with van der Waals surface area (Å²) in [5.41, 5.74) is 7.60. The smallest absolute Gasteiger partial charge is 0.241 e. The Morgan fingerprint density at radius 2 is 2.25 bits per heavy atom. The third-order valence-electron chi connectivity index (χ3n) is 2.39. The minimum absolute atomic E-state index is 0.131. The van der Waals surface area contributed by atoms with Crippen LogP contribution >= 0.6 is 15.9 Å². The molecular formula is C12H17BrN2O. The van der Waals surface area contributed by atoms with Crippen LogP contribution in [0, 0.1) is 6.92 Å². The first kappa shape index (κ1) is 13.2. The van der Waals surface area contributed by atoms with Gasteiger partial charge >= 0.3 is 0 Å². The molecular weight excluding hydrogens is 268 g/mol. The van der Waals surface area contributed by atoms with Gasteiger partial charge in [0, 0.05) is 4.47 Å². The van der Waals surface area contributed by atoms with E-state index in [1.54, 1.807) is 0 Å². The number of aryl methyl sites for hydroxylation is 1. The van der Waals surface area contributed by atoms with Gasteiger partial charge in [-0.1, -0.05) is 25.5 Å². The SMILES string of the molecule is CCCC(N)C(=O)Nc1cccc(C)c1Br. The Hall–Kier alpha value is -0.870. The standard InChI is InChI=1S/C12H17BrN2O/c1-3-5-9(14)12(16)15-10-7-4-6-8(2)11(10)13/h4,6-7,9H,3,5,14H2,1-2H3,(H,15,16). The Balaban J connectivity index is 2.73. The molecule has 4 heteroatoms. The van der Waals surface area contributed by atoms with Crippen molar-refractivity contribution in [3.05, 3.63) is 28.2 Å². The van der Waals surface area contributed by atoms with Crippen molar-refractivity contribution in [2.45, 2.75) is 32.7 Å². The average Bonchev–Trinajstić information content (AvgIpc) is 2.25. The van der Waals surface area contributed by atoms with Gasteiger partial charge in [0.2, 0.25) is 5.91 Å². The Morgan fingerprint density at radius 3 is 2.88 bits per heavy atom. The fourth-order valence-electron chi connectivity index (χ4n) is 1.41. The van der Waals surface area contributed by atoms with Crippen LogP contribution in [0.5, 0.6) is 0 Å². The zero-order valence-electron chi connectivity index (χ0n) is 9.59. The van der Waals surface area contributed by atoms with Gasteiger partial charge in [-0.3, -0.25) is 4.79 Å². The number of carbonyl (C=O) groups excluding carboxylic acids is 1. The summed E-state index contributed by atoms with van der Waals surface area (Å²) in [7, 11) is 0. The van der Waals surface area contributed by atoms with Gasteiger partial charge in [0.05, 0.1) is 11.7 Å². The summed E-state index contributed by atoms with van der Waals surface area (Å²) in [5, 5.41) is 2.82. The van der Waals surface area contributed by atoms with Crippen molar-refractivity contribution in [3.63, 3.8) is 0 Å². The second kappa shape index (κ2) is 6.01. The van der Waals surface area contributed by atoms with Crippen molar-refractivity contribution < 1.29 is 4.79 Å². The molecule has 88 valence electrons. The molecule has 0 aliphatic rings. The van der Waals surface area contributed by atoms with E-state index in [1.807, 2.05) is 32.0 Å². The number of rotatable bonds is 4. The fraction of sp³-hybridized carbons (Fsp3) is 0.417. The topological polar surface area (TPSA) is 55.1 Å². The fourth-order valence-corrected chi connectivity index (χ4v) is 1.77. The Morgan fingerprint density at radius 1 is 1.56 bits per heavy atom. The van der Waals surface area contributed by atoms with E-state index in [2.05, 4.69) is 21.2 Å². The molecule has 0 spiro atoms. The average molecular weight is 285 g/mol. The molecule has 1 aromatic rings. The second-order valence-electron chi connectivity index (χ2n) is 3.82. The number of nitrogens with two attached hydrogens (primary N) is 1. The first-order chi connectivity index (χ1) is 7.56. The van der Waals surface area contributed by atoms with Crippen molar-refractivity contribution in [3.8, 4) is 0 Å². The molecule has 0 fully saturated rings. The number of anilines is 1. The molecule has 3 nitrogen and oxygen atoms in total. The number of benzene rings is 1. The van der Waals surface area contributed by atoms with Gasteiger partial charge in [0.1, 0.15) is 0 Å². The first-order valence-electron chi connectivity index (χ1n) is 5.37. The summed E-state index contributed by atoms with van der Waals surface area (Å²) in [6.45, 7) is 3.99. The van der Waals surface area contributed by atoms with E-state index in [1.165, 1.54) is 0 Å². The predicted molar refractivity (Wildman–Crippen MR) is 70.4 cm³/mol. The highest BCUT2D eigenvalue weighted by Gasteiger charge is 2.13. The van der Waals surface area contributed by atoms with Crippen LogP contribution in [0.25, 0.3) is 0 Å². The monoisotopic (exact) mass is 284 g/mol. The summed E-state index contributed by atoms with van der Waals surface area (Å²) >= 11 is 3.44. The van der Waals surface area contributed by atoms with Crippen molar-refractivity contribution in [2.75, 3.05) is 5.32 Å². The first-order valence-corrected chi connectivity index (χ1v) is 6.17. The van der Waals surface area contributed by atoms with E-state index in [0.717, 1.165) is 22.1 Å². The molecule has 1 rings (SSSR count). The number of amides is 1. The maximum atomic E-state index is 11.7. The van der Waals surface area contributed by atoms with Crippen LogP contribution in [0.4, 0.5) is 5.69 Å². The zero-order chi connectivity index (χ0) is 12.1. The van der Waals surface area contributed by atoms with Crippen molar-refractivity contribution in [2.24, 2.45) is 5.73 Å². The van der Waals surface area contributed by atoms with Crippen molar-refractivity contribution in [1.29, 1.82) is 0 Å². The van der Waals surface area contributed by atoms with E-state index in [-0.39, 0.29) is 5.91 Å². The molecule has 0 saturated carbocycles. The van der Waals surface area contributed by atoms with Gasteiger partial charge in [-0.05, 0) is 40.9 Å². The van der Waals surface area contributed by atoms with Crippen LogP contribution in [-0.4, -0.2) is 11.9 Å². The highest BCUT2D eigenvalue weighted by molar-refractivity contribution is 9.10. The molecule has 0 heterocycles. The third-order valence-corrected chi connectivity index (χ3v) is 3.44. The zero-order valence-corrected chi connectivity index (χ0v) is 11.2. The molecule has 0 saturated heterocycles. The van der Waals surface area contributed by atoms with Crippen molar-refractivity contribution >= 4 is 27.5 Å². The Labute approximate surface area is 105 Å². The molecule has 1 amide bonds. The lowest BCUT2D eigenvalue weighted by Gasteiger charge is -2.13. The molecule has 0 aromatic heterocycles. The molecule has 0 aliphatic carbocycles. The Kier molecular flexibility index (Phi) is 4.96. The van der Waals surface area contributed by atoms with Gasteiger partial charge < -0.3 is 11.1 Å². The van der Waals surface area contributed by atoms with Crippen LogP contribution in [-0.2, 0) is 4.79 Å². The molecule has 1 aromatic carbocycles. The van der Waals surface area contributed by atoms with Crippen LogP contribution in [0.3, 0.4) is 0 Å². The lowest BCUT2D eigenvalue weighted by molar-refractivity contribution is -0.117. The summed E-state index contributed by atoms with van der Waals surface area (Å²) in [6.07, 6.45) is 1.61.